The molecule has 0 fully saturated rings. The van der Waals surface area contributed by atoms with Crippen LogP contribution in [0.4, 0.5) is 10.5 Å². The predicted molar refractivity (Wildman–Crippen MR) is 164 cm³/mol. The Balaban J connectivity index is 2.20. The zero-order valence-electron chi connectivity index (χ0n) is 24.9. The first-order chi connectivity index (χ1) is 20.6. The molecule has 236 valence electrons. The van der Waals surface area contributed by atoms with Gasteiger partial charge in [0.1, 0.15) is 24.7 Å². The van der Waals surface area contributed by atoms with E-state index in [2.05, 4.69) is 49.1 Å². The van der Waals surface area contributed by atoms with Crippen LogP contribution < -0.4 is 36.1 Å². The summed E-state index contributed by atoms with van der Waals surface area (Å²) in [5.74, 6) is -1.98. The van der Waals surface area contributed by atoms with Gasteiger partial charge in [-0.05, 0) is 73.0 Å². The molecule has 0 aliphatic carbocycles. The number of nitro benzene ring substituents is 1. The smallest absolute Gasteiger partial charge is 0.315 e. The Morgan fingerprint density at radius 1 is 1.18 bits per heavy atom. The predicted octanol–water partition coefficient (Wildman–Crippen LogP) is 3.14. The summed E-state index contributed by atoms with van der Waals surface area (Å²) in [6.45, 7) is 10.4. The van der Waals surface area contributed by atoms with Gasteiger partial charge in [-0.1, -0.05) is 18.7 Å². The van der Waals surface area contributed by atoms with Crippen molar-refractivity contribution in [1.29, 1.82) is 0 Å². The van der Waals surface area contributed by atoms with Gasteiger partial charge in [-0.25, -0.2) is 4.79 Å². The van der Waals surface area contributed by atoms with Crippen LogP contribution in [0.25, 0.3) is 0 Å². The molecule has 15 heteroatoms. The Morgan fingerprint density at radius 2 is 1.89 bits per heavy atom. The van der Waals surface area contributed by atoms with E-state index in [1.165, 1.54) is 50.4 Å². The number of likely N-dealkylation sites (N-methyl/N-ethyl adjacent to an activating group) is 1. The minimum absolute atomic E-state index is 0.0158. The van der Waals surface area contributed by atoms with Gasteiger partial charge in [0, 0.05) is 25.1 Å². The highest BCUT2D eigenvalue weighted by molar-refractivity contribution is 9.10. The van der Waals surface area contributed by atoms with Gasteiger partial charge < -0.3 is 36.1 Å². The summed E-state index contributed by atoms with van der Waals surface area (Å²) in [6.07, 6.45) is 1.34. The molecule has 14 nitrogen and oxygen atoms in total. The van der Waals surface area contributed by atoms with E-state index < -0.39 is 58.0 Å². The largest absolute Gasteiger partial charge is 0.484 e. The summed E-state index contributed by atoms with van der Waals surface area (Å²) in [5, 5.41) is 25.1. The first-order valence-electron chi connectivity index (χ1n) is 13.6. The Kier molecular flexibility index (Phi) is 10.9. The van der Waals surface area contributed by atoms with E-state index in [9.17, 15) is 29.3 Å². The van der Waals surface area contributed by atoms with Crippen LogP contribution in [0.2, 0.25) is 0 Å². The number of benzene rings is 2. The average molecular weight is 676 g/mol. The lowest BCUT2D eigenvalue weighted by atomic mass is 10.0. The zero-order chi connectivity index (χ0) is 32.8. The van der Waals surface area contributed by atoms with Crippen molar-refractivity contribution < 1.29 is 33.6 Å². The lowest BCUT2D eigenvalue weighted by Crippen LogP contribution is -2.57. The maximum Gasteiger partial charge on any atom is 0.315 e. The fourth-order valence-corrected chi connectivity index (χ4v) is 4.80. The van der Waals surface area contributed by atoms with Crippen LogP contribution >= 0.6 is 15.9 Å². The maximum atomic E-state index is 13.4. The number of fused-ring (bicyclic) bond motifs is 9. The van der Waals surface area contributed by atoms with Crippen LogP contribution in [0, 0.1) is 10.1 Å². The fourth-order valence-electron chi connectivity index (χ4n) is 4.22. The quantitative estimate of drug-likeness (QED) is 0.175. The van der Waals surface area contributed by atoms with Crippen LogP contribution in [-0.4, -0.2) is 60.0 Å². The molecule has 0 unspecified atom stereocenters. The number of ether oxygens (including phenoxy) is 2. The standard InChI is InChI=1S/C29H35BrN6O8/c1-7-10-43-24-18(30)13-17-14-22(24)44-21-9-8-16(12-20(21)36(41)42)11-19(33-28(40)35-29(3,4)5)26(38)32-15(2)25(37)34-23(17)27(39)31-6/h7-9,12-15,19,23H,1,10-11H2,2-6H3,(H,31,39)(H,32,38)(H,34,37)(H2,33,35,40)/t15-,19+,23+/m0/s1. The number of nitrogens with zero attached hydrogens (tertiary/aromatic N) is 1. The van der Waals surface area contributed by atoms with E-state index in [4.69, 9.17) is 9.47 Å². The van der Waals surface area contributed by atoms with E-state index in [0.717, 1.165) is 0 Å². The van der Waals surface area contributed by atoms with Crippen LogP contribution in [-0.2, 0) is 20.8 Å². The molecule has 4 bridgehead atoms. The summed E-state index contributed by atoms with van der Waals surface area (Å²) in [7, 11) is 1.39. The number of rotatable bonds is 6. The van der Waals surface area contributed by atoms with E-state index in [1.54, 1.807) is 20.8 Å². The van der Waals surface area contributed by atoms with Crippen molar-refractivity contribution in [3.63, 3.8) is 0 Å². The Labute approximate surface area is 262 Å². The number of halogens is 1. The molecule has 0 aromatic heterocycles. The van der Waals surface area contributed by atoms with Gasteiger partial charge in [-0.2, -0.15) is 0 Å². The highest BCUT2D eigenvalue weighted by atomic mass is 79.9. The van der Waals surface area contributed by atoms with Gasteiger partial charge in [-0.3, -0.25) is 24.5 Å². The molecule has 0 radical (unpaired) electrons. The first kappa shape index (κ1) is 33.8. The van der Waals surface area contributed by atoms with Crippen LogP contribution in [0.5, 0.6) is 17.2 Å². The van der Waals surface area contributed by atoms with Crippen LogP contribution in [0.3, 0.4) is 0 Å². The summed E-state index contributed by atoms with van der Waals surface area (Å²) in [4.78, 5) is 63.8. The number of amides is 5. The molecule has 2 heterocycles. The number of carbonyl (C=O) groups excluding carboxylic acids is 4. The lowest BCUT2D eigenvalue weighted by molar-refractivity contribution is -0.385. The Morgan fingerprint density at radius 3 is 2.50 bits per heavy atom. The second kappa shape index (κ2) is 14.2. The first-order valence-corrected chi connectivity index (χ1v) is 14.4. The summed E-state index contributed by atoms with van der Waals surface area (Å²) < 4.78 is 12.1. The molecule has 0 saturated carbocycles. The Bertz CT molecular complexity index is 1470. The highest BCUT2D eigenvalue weighted by Gasteiger charge is 2.31. The molecule has 2 aliphatic rings. The number of urea groups is 1. The molecule has 2 aliphatic heterocycles. The van der Waals surface area contributed by atoms with Crippen LogP contribution in [0.15, 0.2) is 47.5 Å². The number of nitrogens with one attached hydrogen (secondary N) is 5. The molecule has 0 saturated heterocycles. The van der Waals surface area contributed by atoms with Crippen molar-refractivity contribution >= 4 is 45.4 Å². The topological polar surface area (TPSA) is 190 Å². The molecule has 44 heavy (non-hydrogen) atoms. The van der Waals surface area contributed by atoms with Gasteiger partial charge in [0.2, 0.25) is 23.5 Å². The number of hydrogen-bond donors (Lipinski definition) is 5. The van der Waals surface area contributed by atoms with E-state index in [0.29, 0.717) is 10.0 Å². The summed E-state index contributed by atoms with van der Waals surface area (Å²) in [6, 6.07) is 2.76. The summed E-state index contributed by atoms with van der Waals surface area (Å²) in [5.41, 5.74) is -0.470. The second-order valence-corrected chi connectivity index (χ2v) is 11.8. The molecule has 5 N–H and O–H groups in total. The second-order valence-electron chi connectivity index (χ2n) is 11.0. The SMILES string of the molecule is C=CCOc1c(Br)cc2cc1Oc1ccc(cc1[N+](=O)[O-])C[C@@H](NC(=O)NC(C)(C)C)C(=O)N[C@@H](C)C(=O)N[C@H]2C(=O)NC. The van der Waals surface area contributed by atoms with Gasteiger partial charge in [0.25, 0.3) is 0 Å². The zero-order valence-corrected chi connectivity index (χ0v) is 26.5. The van der Waals surface area contributed by atoms with E-state index >= 15 is 0 Å². The fraction of sp³-hybridized carbons (Fsp3) is 0.379. The maximum absolute atomic E-state index is 13.4. The van der Waals surface area contributed by atoms with E-state index in [1.807, 2.05) is 0 Å². The van der Waals surface area contributed by atoms with Crippen molar-refractivity contribution in [3.05, 3.63) is 68.7 Å². The van der Waals surface area contributed by atoms with Crippen LogP contribution in [0.1, 0.15) is 44.9 Å². The lowest BCUT2D eigenvalue weighted by Gasteiger charge is -2.26. The number of carbonyl (C=O) groups is 4. The van der Waals surface area contributed by atoms with Crippen molar-refractivity contribution in [2.24, 2.45) is 0 Å². The number of nitro groups is 1. The molecular formula is C29H35BrN6O8. The van der Waals surface area contributed by atoms with Crippen molar-refractivity contribution in [2.75, 3.05) is 13.7 Å². The minimum Gasteiger partial charge on any atom is -0.484 e. The normalized spacial score (nSPS) is 18.6. The third kappa shape index (κ3) is 8.69. The molecule has 5 amide bonds. The van der Waals surface area contributed by atoms with Gasteiger partial charge >= 0.3 is 11.7 Å². The molecule has 4 rings (SSSR count). The molecular weight excluding hydrogens is 640 g/mol. The van der Waals surface area contributed by atoms with Gasteiger partial charge in [0.15, 0.2) is 11.5 Å². The van der Waals surface area contributed by atoms with Crippen molar-refractivity contribution in [3.8, 4) is 17.2 Å². The van der Waals surface area contributed by atoms with Crippen molar-refractivity contribution in [1.82, 2.24) is 26.6 Å². The minimum atomic E-state index is -1.27. The van der Waals surface area contributed by atoms with Gasteiger partial charge in [-0.15, -0.1) is 0 Å². The van der Waals surface area contributed by atoms with E-state index in [-0.39, 0.29) is 35.8 Å². The third-order valence-corrected chi connectivity index (χ3v) is 6.84. The molecule has 2 aromatic rings. The molecule has 0 spiro atoms. The van der Waals surface area contributed by atoms with Crippen molar-refractivity contribution in [2.45, 2.75) is 57.8 Å². The molecule has 3 atom stereocenters. The average Bonchev–Trinajstić information content (AvgIpc) is 2.93. The third-order valence-electron chi connectivity index (χ3n) is 6.25. The highest BCUT2D eigenvalue weighted by Crippen LogP contribution is 2.43. The molecule has 2 aromatic carbocycles. The summed E-state index contributed by atoms with van der Waals surface area (Å²) >= 11 is 3.41. The van der Waals surface area contributed by atoms with Gasteiger partial charge in [0.05, 0.1) is 9.40 Å². The monoisotopic (exact) mass is 674 g/mol. The Hall–Kier alpha value is -4.66. The number of hydrogen-bond acceptors (Lipinski definition) is 8.